The van der Waals surface area contributed by atoms with E-state index < -0.39 is 6.10 Å². The van der Waals surface area contributed by atoms with Gasteiger partial charge in [-0.2, -0.15) is 0 Å². The second-order valence-electron chi connectivity index (χ2n) is 9.28. The molecule has 0 spiro atoms. The van der Waals surface area contributed by atoms with Gasteiger partial charge in [0.05, 0.1) is 23.4 Å². The van der Waals surface area contributed by atoms with E-state index in [1.807, 2.05) is 6.08 Å². The van der Waals surface area contributed by atoms with Gasteiger partial charge in [0.2, 0.25) is 0 Å². The number of halogens is 1. The highest BCUT2D eigenvalue weighted by atomic mass is 35.5. The summed E-state index contributed by atoms with van der Waals surface area (Å²) in [6.07, 6.45) is 13.4. The zero-order valence-electron chi connectivity index (χ0n) is 19.4. The lowest BCUT2D eigenvalue weighted by Crippen LogP contribution is -2.12. The van der Waals surface area contributed by atoms with Gasteiger partial charge >= 0.3 is 0 Å². The normalized spacial score (nSPS) is 22.8. The number of thioether (sulfide) groups is 1. The lowest BCUT2D eigenvalue weighted by molar-refractivity contribution is 0.183. The molecular weight excluding hydrogens is 426 g/mol. The van der Waals surface area contributed by atoms with Crippen molar-refractivity contribution in [1.29, 1.82) is 0 Å². The van der Waals surface area contributed by atoms with Crippen LogP contribution >= 0.6 is 23.4 Å². The predicted octanol–water partition coefficient (Wildman–Crippen LogP) is 7.00. The van der Waals surface area contributed by atoms with Crippen LogP contribution in [0, 0.1) is 5.92 Å². The number of aliphatic hydroxyl groups is 2. The van der Waals surface area contributed by atoms with Crippen LogP contribution in [-0.2, 0) is 13.2 Å². The number of hydrogen-bond donors (Lipinski definition) is 2. The topological polar surface area (TPSA) is 45.4 Å². The van der Waals surface area contributed by atoms with Gasteiger partial charge < -0.3 is 14.8 Å². The molecule has 3 atom stereocenters. The van der Waals surface area contributed by atoms with Gasteiger partial charge in [-0.25, -0.2) is 0 Å². The van der Waals surface area contributed by atoms with Crippen LogP contribution in [0.5, 0.6) is 0 Å². The first-order valence-corrected chi connectivity index (χ1v) is 12.6. The van der Waals surface area contributed by atoms with E-state index in [1.54, 1.807) is 18.7 Å². The highest BCUT2D eigenvalue weighted by Crippen LogP contribution is 2.43. The highest BCUT2D eigenvalue weighted by Gasteiger charge is 2.29. The zero-order valence-corrected chi connectivity index (χ0v) is 20.9. The fourth-order valence-corrected chi connectivity index (χ4v) is 6.63. The van der Waals surface area contributed by atoms with Crippen LogP contribution in [0.25, 0.3) is 0 Å². The summed E-state index contributed by atoms with van der Waals surface area (Å²) >= 11 is 8.22. The van der Waals surface area contributed by atoms with Gasteiger partial charge in [0.25, 0.3) is 0 Å². The maximum Gasteiger partial charge on any atom is 0.0915 e. The van der Waals surface area contributed by atoms with E-state index in [0.29, 0.717) is 12.5 Å². The molecule has 1 aromatic rings. The second kappa shape index (κ2) is 10.6. The number of aromatic nitrogens is 1. The number of aliphatic hydroxyl groups excluding tert-OH is 2. The Kier molecular flexibility index (Phi) is 8.37. The van der Waals surface area contributed by atoms with E-state index in [-0.39, 0.29) is 17.8 Å². The van der Waals surface area contributed by atoms with Crippen molar-refractivity contribution in [3.8, 4) is 0 Å². The molecule has 5 heteroatoms. The lowest BCUT2D eigenvalue weighted by Gasteiger charge is -2.22. The smallest absolute Gasteiger partial charge is 0.0915 e. The summed E-state index contributed by atoms with van der Waals surface area (Å²) in [6.45, 7) is 11.1. The fraction of sp³-hybridized carbons (Fsp3) is 0.538. The van der Waals surface area contributed by atoms with Gasteiger partial charge in [0.1, 0.15) is 0 Å². The molecule has 2 aliphatic rings. The third-order valence-corrected chi connectivity index (χ3v) is 7.55. The molecule has 1 heterocycles. The molecule has 0 aromatic carbocycles. The molecule has 0 fully saturated rings. The maximum atomic E-state index is 10.7. The predicted molar refractivity (Wildman–Crippen MR) is 133 cm³/mol. The van der Waals surface area contributed by atoms with Crippen molar-refractivity contribution >= 4 is 23.4 Å². The van der Waals surface area contributed by atoms with Crippen molar-refractivity contribution in [2.24, 2.45) is 5.92 Å². The van der Waals surface area contributed by atoms with E-state index in [0.717, 1.165) is 46.1 Å². The van der Waals surface area contributed by atoms with Gasteiger partial charge in [0, 0.05) is 22.4 Å². The monoisotopic (exact) mass is 461 g/mol. The first-order valence-electron chi connectivity index (χ1n) is 11.3. The van der Waals surface area contributed by atoms with Crippen LogP contribution in [0.3, 0.4) is 0 Å². The van der Waals surface area contributed by atoms with Gasteiger partial charge in [-0.3, -0.25) is 0 Å². The van der Waals surface area contributed by atoms with E-state index in [1.165, 1.54) is 11.1 Å². The molecule has 0 radical (unpaired) electrons. The van der Waals surface area contributed by atoms with Crippen LogP contribution in [-0.4, -0.2) is 20.0 Å². The van der Waals surface area contributed by atoms with Crippen molar-refractivity contribution in [2.75, 3.05) is 0 Å². The Hall–Kier alpha value is -1.20. The number of hydrogen-bond acceptors (Lipinski definition) is 3. The lowest BCUT2D eigenvalue weighted by atomic mass is 10.00. The molecule has 0 bridgehead atoms. The summed E-state index contributed by atoms with van der Waals surface area (Å²) in [4.78, 5) is 0. The van der Waals surface area contributed by atoms with Crippen molar-refractivity contribution in [1.82, 2.24) is 4.57 Å². The maximum absolute atomic E-state index is 10.7. The largest absolute Gasteiger partial charge is 0.392 e. The van der Waals surface area contributed by atoms with Gasteiger partial charge in [0.15, 0.2) is 0 Å². The standard InChI is InChI=1S/C26H36ClNO2S/c1-16(2)24-23(15-29)25(19(5)30)28(14-20-8-6-7-17(3)9-10-20)26(24)31-22-12-18(4)11-21(27)13-22/h6,8,10-12,16-17,19,22,29-30H,7,9,13-15H2,1-5H3. The van der Waals surface area contributed by atoms with E-state index in [4.69, 9.17) is 11.6 Å². The summed E-state index contributed by atoms with van der Waals surface area (Å²) in [5.41, 5.74) is 5.29. The molecule has 1 aromatic heterocycles. The third kappa shape index (κ3) is 5.78. The summed E-state index contributed by atoms with van der Waals surface area (Å²) in [5, 5.41) is 23.3. The minimum atomic E-state index is -0.657. The summed E-state index contributed by atoms with van der Waals surface area (Å²) in [7, 11) is 0. The first kappa shape index (κ1) is 24.4. The number of nitrogens with zero attached hydrogens (tertiary/aromatic N) is 1. The SMILES string of the molecule is CC1=CC(Sc2c(C(C)C)c(CO)c(C(C)O)n2CC2=CCC(C)CC=C2)CC(Cl)=C1. The molecule has 0 saturated carbocycles. The Morgan fingerprint density at radius 1 is 1.26 bits per heavy atom. The fourth-order valence-electron chi connectivity index (χ4n) is 4.59. The molecule has 0 amide bonds. The van der Waals surface area contributed by atoms with Crippen LogP contribution in [0.2, 0.25) is 0 Å². The molecule has 31 heavy (non-hydrogen) atoms. The van der Waals surface area contributed by atoms with Crippen LogP contribution < -0.4 is 0 Å². The van der Waals surface area contributed by atoms with Crippen LogP contribution in [0.1, 0.15) is 82.7 Å². The third-order valence-electron chi connectivity index (χ3n) is 6.02. The quantitative estimate of drug-likeness (QED) is 0.459. The molecule has 170 valence electrons. The summed E-state index contributed by atoms with van der Waals surface area (Å²) in [6, 6.07) is 0. The van der Waals surface area contributed by atoms with E-state index in [2.05, 4.69) is 56.6 Å². The Labute approximate surface area is 196 Å². The summed E-state index contributed by atoms with van der Waals surface area (Å²) in [5.74, 6) is 0.883. The Morgan fingerprint density at radius 2 is 2.00 bits per heavy atom. The average Bonchev–Trinajstić information content (AvgIpc) is 2.82. The van der Waals surface area contributed by atoms with E-state index >= 15 is 0 Å². The molecule has 2 N–H and O–H groups in total. The Morgan fingerprint density at radius 3 is 2.61 bits per heavy atom. The molecule has 3 rings (SSSR count). The second-order valence-corrected chi connectivity index (χ2v) is 11.0. The molecule has 2 aliphatic carbocycles. The highest BCUT2D eigenvalue weighted by molar-refractivity contribution is 8.00. The average molecular weight is 462 g/mol. The van der Waals surface area contributed by atoms with E-state index in [9.17, 15) is 10.2 Å². The number of allylic oxidation sites excluding steroid dienone is 7. The van der Waals surface area contributed by atoms with Crippen molar-refractivity contribution in [3.05, 3.63) is 63.4 Å². The summed E-state index contributed by atoms with van der Waals surface area (Å²) < 4.78 is 2.25. The minimum Gasteiger partial charge on any atom is -0.392 e. The molecule has 3 nitrogen and oxygen atoms in total. The zero-order chi connectivity index (χ0) is 22.7. The van der Waals surface area contributed by atoms with Crippen LogP contribution in [0.15, 0.2) is 51.6 Å². The molecule has 0 aliphatic heterocycles. The first-order chi connectivity index (χ1) is 14.7. The number of rotatable bonds is 7. The van der Waals surface area contributed by atoms with Gasteiger partial charge in [-0.15, -0.1) is 11.8 Å². The van der Waals surface area contributed by atoms with Crippen molar-refractivity contribution in [3.63, 3.8) is 0 Å². The Bertz CT molecular complexity index is 920. The molecule has 3 unspecified atom stereocenters. The Balaban J connectivity index is 2.11. The van der Waals surface area contributed by atoms with Crippen LogP contribution in [0.4, 0.5) is 0 Å². The van der Waals surface area contributed by atoms with Gasteiger partial charge in [-0.05, 0) is 62.2 Å². The molecule has 0 saturated heterocycles. The molecular formula is C26H36ClNO2S. The van der Waals surface area contributed by atoms with Crippen molar-refractivity contribution < 1.29 is 10.2 Å². The van der Waals surface area contributed by atoms with Crippen molar-refractivity contribution in [2.45, 2.75) is 89.3 Å². The minimum absolute atomic E-state index is 0.0690. The van der Waals surface area contributed by atoms with Gasteiger partial charge in [-0.1, -0.05) is 62.2 Å².